The van der Waals surface area contributed by atoms with Gasteiger partial charge in [-0.2, -0.15) is 13.2 Å². The van der Waals surface area contributed by atoms with Gasteiger partial charge in [0.1, 0.15) is 5.82 Å². The zero-order chi connectivity index (χ0) is 25.4. The average molecular weight is 488 g/mol. The Labute approximate surface area is 199 Å². The fraction of sp³-hybridized carbons (Fsp3) is 0.231. The first-order valence-corrected chi connectivity index (χ1v) is 10.8. The lowest BCUT2D eigenvalue weighted by Gasteiger charge is -2.08. The van der Waals surface area contributed by atoms with Crippen LogP contribution in [-0.4, -0.2) is 29.2 Å². The van der Waals surface area contributed by atoms with Crippen molar-refractivity contribution in [2.75, 3.05) is 0 Å². The third kappa shape index (κ3) is 7.92. The van der Waals surface area contributed by atoms with Gasteiger partial charge in [0.05, 0.1) is 0 Å². The zero-order valence-corrected chi connectivity index (χ0v) is 18.6. The minimum Gasteiger partial charge on any atom is -0.475 e. The number of carboxylic acid groups (broad SMARTS) is 1. The van der Waals surface area contributed by atoms with E-state index in [2.05, 4.69) is 10.6 Å². The molecule has 1 aliphatic carbocycles. The number of rotatable bonds is 7. The topological polar surface area (TPSA) is 78.4 Å². The van der Waals surface area contributed by atoms with E-state index in [1.165, 1.54) is 11.6 Å². The Bertz CT molecular complexity index is 1140. The number of nitrogens with one attached hydrogen (secondary N) is 2. The van der Waals surface area contributed by atoms with Crippen molar-refractivity contribution >= 4 is 11.9 Å². The quantitative estimate of drug-likeness (QED) is 0.408. The highest BCUT2D eigenvalue weighted by atomic mass is 19.4. The molecule has 35 heavy (non-hydrogen) atoms. The number of halogens is 4. The highest BCUT2D eigenvalue weighted by molar-refractivity contribution is 5.94. The molecular formula is C26H24F4N2O3. The number of benzene rings is 3. The highest BCUT2D eigenvalue weighted by Gasteiger charge is 2.38. The molecule has 0 bridgehead atoms. The second-order valence-corrected chi connectivity index (χ2v) is 8.01. The van der Waals surface area contributed by atoms with E-state index in [9.17, 15) is 22.4 Å². The highest BCUT2D eigenvalue weighted by Crippen LogP contribution is 2.41. The van der Waals surface area contributed by atoms with Crippen LogP contribution in [0.1, 0.15) is 39.4 Å². The van der Waals surface area contributed by atoms with E-state index >= 15 is 0 Å². The molecular weight excluding hydrogens is 464 g/mol. The molecule has 4 rings (SSSR count). The minimum absolute atomic E-state index is 0.0690. The molecule has 2 atom stereocenters. The van der Waals surface area contributed by atoms with E-state index in [0.29, 0.717) is 36.2 Å². The van der Waals surface area contributed by atoms with Gasteiger partial charge in [-0.3, -0.25) is 4.79 Å². The summed E-state index contributed by atoms with van der Waals surface area (Å²) in [6.07, 6.45) is -4.05. The van der Waals surface area contributed by atoms with Gasteiger partial charge in [-0.15, -0.1) is 0 Å². The molecule has 3 aromatic carbocycles. The van der Waals surface area contributed by atoms with Crippen molar-refractivity contribution in [1.82, 2.24) is 10.6 Å². The third-order valence-electron chi connectivity index (χ3n) is 5.44. The number of carbonyl (C=O) groups excluding carboxylic acids is 1. The molecule has 0 saturated heterocycles. The number of amides is 1. The summed E-state index contributed by atoms with van der Waals surface area (Å²) < 4.78 is 45.4. The van der Waals surface area contributed by atoms with Crippen molar-refractivity contribution in [3.63, 3.8) is 0 Å². The summed E-state index contributed by atoms with van der Waals surface area (Å²) in [7, 11) is 0. The first-order valence-electron chi connectivity index (χ1n) is 10.8. The van der Waals surface area contributed by atoms with Crippen LogP contribution in [0.3, 0.4) is 0 Å². The fourth-order valence-corrected chi connectivity index (χ4v) is 3.43. The number of carbonyl (C=O) groups is 2. The number of hydrogen-bond acceptors (Lipinski definition) is 3. The van der Waals surface area contributed by atoms with Crippen LogP contribution < -0.4 is 10.6 Å². The summed E-state index contributed by atoms with van der Waals surface area (Å²) in [6.45, 7) is 1.06. The van der Waals surface area contributed by atoms with Gasteiger partial charge in [0.15, 0.2) is 0 Å². The first kappa shape index (κ1) is 25.9. The largest absolute Gasteiger partial charge is 0.490 e. The van der Waals surface area contributed by atoms with Crippen LogP contribution in [0, 0.1) is 5.82 Å². The molecule has 0 heterocycles. The first-order chi connectivity index (χ1) is 16.6. The van der Waals surface area contributed by atoms with Crippen molar-refractivity contribution in [1.29, 1.82) is 0 Å². The molecule has 3 N–H and O–H groups in total. The Balaban J connectivity index is 0.000000429. The Kier molecular flexibility index (Phi) is 8.59. The second-order valence-electron chi connectivity index (χ2n) is 8.01. The molecule has 0 radical (unpaired) electrons. The lowest BCUT2D eigenvalue weighted by molar-refractivity contribution is -0.192. The van der Waals surface area contributed by atoms with Gasteiger partial charge in [0, 0.05) is 36.2 Å². The van der Waals surface area contributed by atoms with Crippen LogP contribution in [0.4, 0.5) is 17.6 Å². The van der Waals surface area contributed by atoms with Crippen molar-refractivity contribution in [2.24, 2.45) is 0 Å². The molecule has 1 amide bonds. The van der Waals surface area contributed by atoms with Gasteiger partial charge < -0.3 is 15.7 Å². The Morgan fingerprint density at radius 2 is 1.49 bits per heavy atom. The molecule has 1 aliphatic rings. The molecule has 184 valence electrons. The summed E-state index contributed by atoms with van der Waals surface area (Å²) in [5.74, 6) is -2.57. The van der Waals surface area contributed by atoms with Gasteiger partial charge in [-0.05, 0) is 35.7 Å². The standard InChI is InChI=1S/C24H23FN2O.C2HF3O2/c25-22-9-5-4-8-20(22)16-26-23-14-21(23)18-10-12-19(13-11-18)24(28)27-15-17-6-2-1-3-7-17;3-2(4,5)1(6)7/h1-13,21,23,26H,14-16H2,(H,27,28);(H,6,7). The molecule has 1 saturated carbocycles. The second kappa shape index (κ2) is 11.6. The van der Waals surface area contributed by atoms with Crippen LogP contribution in [0.5, 0.6) is 0 Å². The van der Waals surface area contributed by atoms with Gasteiger partial charge in [-0.25, -0.2) is 9.18 Å². The maximum atomic E-state index is 13.7. The summed E-state index contributed by atoms with van der Waals surface area (Å²) in [4.78, 5) is 21.2. The fourth-order valence-electron chi connectivity index (χ4n) is 3.43. The van der Waals surface area contributed by atoms with E-state index in [1.807, 2.05) is 66.7 Å². The summed E-state index contributed by atoms with van der Waals surface area (Å²) in [5, 5.41) is 13.5. The van der Waals surface area contributed by atoms with Gasteiger partial charge in [0.2, 0.25) is 0 Å². The SMILES string of the molecule is O=C(NCc1ccccc1)c1ccc(C2CC2NCc2ccccc2F)cc1.O=C(O)C(F)(F)F. The van der Waals surface area contributed by atoms with Crippen LogP contribution in [0.25, 0.3) is 0 Å². The maximum Gasteiger partial charge on any atom is 0.490 e. The van der Waals surface area contributed by atoms with Gasteiger partial charge in [-0.1, -0.05) is 60.7 Å². The Morgan fingerprint density at radius 1 is 0.886 bits per heavy atom. The molecule has 2 unspecified atom stereocenters. The monoisotopic (exact) mass is 488 g/mol. The van der Waals surface area contributed by atoms with Gasteiger partial charge in [0.25, 0.3) is 5.91 Å². The average Bonchev–Trinajstić information content (AvgIpc) is 3.62. The van der Waals surface area contributed by atoms with E-state index in [4.69, 9.17) is 9.90 Å². The van der Waals surface area contributed by atoms with Crippen molar-refractivity contribution in [3.05, 3.63) is 107 Å². The van der Waals surface area contributed by atoms with E-state index in [0.717, 1.165) is 12.0 Å². The minimum atomic E-state index is -5.08. The molecule has 0 spiro atoms. The summed E-state index contributed by atoms with van der Waals surface area (Å²) >= 11 is 0. The smallest absolute Gasteiger partial charge is 0.475 e. The Morgan fingerprint density at radius 3 is 2.09 bits per heavy atom. The van der Waals surface area contributed by atoms with Crippen LogP contribution in [-0.2, 0) is 17.9 Å². The van der Waals surface area contributed by atoms with Gasteiger partial charge >= 0.3 is 12.1 Å². The number of carboxylic acids is 1. The lowest BCUT2D eigenvalue weighted by atomic mass is 10.1. The van der Waals surface area contributed by atoms with Crippen molar-refractivity contribution in [3.8, 4) is 0 Å². The molecule has 9 heteroatoms. The molecule has 0 aliphatic heterocycles. The van der Waals surface area contributed by atoms with Crippen LogP contribution in [0.2, 0.25) is 0 Å². The van der Waals surface area contributed by atoms with E-state index in [1.54, 1.807) is 6.07 Å². The summed E-state index contributed by atoms with van der Waals surface area (Å²) in [6, 6.07) is 24.9. The number of aliphatic carboxylic acids is 1. The lowest BCUT2D eigenvalue weighted by Crippen LogP contribution is -2.22. The number of hydrogen-bond donors (Lipinski definition) is 3. The van der Waals surface area contributed by atoms with Crippen molar-refractivity contribution < 1.29 is 32.3 Å². The molecule has 5 nitrogen and oxygen atoms in total. The zero-order valence-electron chi connectivity index (χ0n) is 18.6. The van der Waals surface area contributed by atoms with Crippen LogP contribution in [0.15, 0.2) is 78.9 Å². The third-order valence-corrected chi connectivity index (χ3v) is 5.44. The molecule has 3 aromatic rings. The molecule has 1 fully saturated rings. The Hall–Kier alpha value is -3.72. The van der Waals surface area contributed by atoms with Crippen molar-refractivity contribution in [2.45, 2.75) is 37.6 Å². The van der Waals surface area contributed by atoms with E-state index in [-0.39, 0.29) is 11.7 Å². The van der Waals surface area contributed by atoms with E-state index < -0.39 is 12.1 Å². The number of alkyl halides is 3. The predicted molar refractivity (Wildman–Crippen MR) is 122 cm³/mol. The predicted octanol–water partition coefficient (Wildman–Crippen LogP) is 5.03. The maximum absolute atomic E-state index is 13.7. The summed E-state index contributed by atoms with van der Waals surface area (Å²) in [5.41, 5.74) is 3.65. The normalized spacial score (nSPS) is 16.6. The molecule has 0 aromatic heterocycles. The van der Waals surface area contributed by atoms with Crippen LogP contribution >= 0.6 is 0 Å².